The van der Waals surface area contributed by atoms with Crippen molar-refractivity contribution in [3.05, 3.63) is 23.8 Å². The molecular weight excluding hydrogens is 244 g/mol. The molecule has 0 aliphatic carbocycles. The van der Waals surface area contributed by atoms with E-state index in [0.717, 1.165) is 31.5 Å². The second-order valence-corrected chi connectivity index (χ2v) is 5.83. The van der Waals surface area contributed by atoms with Crippen molar-refractivity contribution >= 4 is 0 Å². The molecular formula is C18H34N2. The van der Waals surface area contributed by atoms with Gasteiger partial charge in [-0.15, -0.1) is 0 Å². The van der Waals surface area contributed by atoms with Crippen molar-refractivity contribution < 1.29 is 0 Å². The Kier molecular flexibility index (Phi) is 8.00. The highest BCUT2D eigenvalue weighted by molar-refractivity contribution is 5.19. The summed E-state index contributed by atoms with van der Waals surface area (Å²) >= 11 is 0. The summed E-state index contributed by atoms with van der Waals surface area (Å²) in [5.74, 6) is 0.991. The molecule has 2 nitrogen and oxygen atoms in total. The van der Waals surface area contributed by atoms with Crippen LogP contribution in [0.1, 0.15) is 92.5 Å². The molecule has 1 aromatic heterocycles. The van der Waals surface area contributed by atoms with Gasteiger partial charge in [-0.1, -0.05) is 55.4 Å². The van der Waals surface area contributed by atoms with Gasteiger partial charge in [-0.05, 0) is 36.7 Å². The molecule has 0 fully saturated rings. The average molecular weight is 278 g/mol. The lowest BCUT2D eigenvalue weighted by Gasteiger charge is -2.29. The third-order valence-electron chi connectivity index (χ3n) is 5.01. The van der Waals surface area contributed by atoms with E-state index >= 15 is 0 Å². The fourth-order valence-corrected chi connectivity index (χ4v) is 2.18. The Morgan fingerprint density at radius 2 is 1.10 bits per heavy atom. The Bertz CT molecular complexity index is 323. The molecule has 0 saturated heterocycles. The van der Waals surface area contributed by atoms with Gasteiger partial charge < -0.3 is 0 Å². The highest BCUT2D eigenvalue weighted by atomic mass is 14.9. The molecule has 0 aromatic carbocycles. The van der Waals surface area contributed by atoms with E-state index in [4.69, 9.17) is 0 Å². The molecule has 1 heterocycles. The highest BCUT2D eigenvalue weighted by Gasteiger charge is 2.27. The van der Waals surface area contributed by atoms with Gasteiger partial charge in [0.15, 0.2) is 0 Å². The Hall–Kier alpha value is -0.920. The molecule has 0 bridgehead atoms. The molecule has 0 atom stereocenters. The van der Waals surface area contributed by atoms with Gasteiger partial charge in [-0.2, -0.15) is 0 Å². The summed E-state index contributed by atoms with van der Waals surface area (Å²) in [5.41, 5.74) is 1.60. The van der Waals surface area contributed by atoms with Crippen LogP contribution in [0.4, 0.5) is 0 Å². The van der Waals surface area contributed by atoms with Gasteiger partial charge in [0.05, 0.1) is 0 Å². The zero-order valence-corrected chi connectivity index (χ0v) is 14.9. The van der Waals surface area contributed by atoms with Gasteiger partial charge in [0, 0.05) is 17.8 Å². The molecule has 20 heavy (non-hydrogen) atoms. The topological polar surface area (TPSA) is 25.8 Å². The average Bonchev–Trinajstić information content (AvgIpc) is 2.55. The number of rotatable bonds is 6. The van der Waals surface area contributed by atoms with E-state index in [0.29, 0.717) is 0 Å². The first-order valence-electron chi connectivity index (χ1n) is 8.28. The zero-order valence-electron chi connectivity index (χ0n) is 14.9. The first-order chi connectivity index (χ1) is 9.45. The largest absolute Gasteiger partial charge is 0.240 e. The van der Waals surface area contributed by atoms with Crippen LogP contribution in [0.2, 0.25) is 0 Å². The highest BCUT2D eigenvalue weighted by Crippen LogP contribution is 2.32. The normalized spacial score (nSPS) is 11.8. The van der Waals surface area contributed by atoms with E-state index in [-0.39, 0.29) is 10.8 Å². The molecule has 0 aliphatic heterocycles. The van der Waals surface area contributed by atoms with Crippen molar-refractivity contribution in [2.45, 2.75) is 91.9 Å². The first-order valence-corrected chi connectivity index (χ1v) is 8.28. The summed E-state index contributed by atoms with van der Waals surface area (Å²) in [6.45, 7) is 17.4. The van der Waals surface area contributed by atoms with Crippen molar-refractivity contribution in [2.24, 2.45) is 0 Å². The SMILES string of the molecule is CC.CCC(C)(CC)c1cnc(C(C)(CC)CC)nc1. The fraction of sp³-hybridized carbons (Fsp3) is 0.778. The monoisotopic (exact) mass is 278 g/mol. The maximum absolute atomic E-state index is 4.64. The lowest BCUT2D eigenvalue weighted by molar-refractivity contribution is 0.403. The van der Waals surface area contributed by atoms with Gasteiger partial charge in [0.1, 0.15) is 5.82 Å². The van der Waals surface area contributed by atoms with E-state index in [9.17, 15) is 0 Å². The van der Waals surface area contributed by atoms with Gasteiger partial charge in [-0.25, -0.2) is 9.97 Å². The maximum atomic E-state index is 4.64. The van der Waals surface area contributed by atoms with Crippen LogP contribution in [-0.2, 0) is 10.8 Å². The first kappa shape index (κ1) is 19.1. The van der Waals surface area contributed by atoms with E-state index in [1.165, 1.54) is 5.56 Å². The van der Waals surface area contributed by atoms with Crippen molar-refractivity contribution in [2.75, 3.05) is 0 Å². The predicted molar refractivity (Wildman–Crippen MR) is 89.2 cm³/mol. The third kappa shape index (κ3) is 4.04. The quantitative estimate of drug-likeness (QED) is 0.671. The molecule has 0 amide bonds. The number of hydrogen-bond donors (Lipinski definition) is 0. The summed E-state index contributed by atoms with van der Waals surface area (Å²) in [5, 5.41) is 0. The van der Waals surface area contributed by atoms with Crippen molar-refractivity contribution in [3.8, 4) is 0 Å². The lowest BCUT2D eigenvalue weighted by atomic mass is 9.79. The fourth-order valence-electron chi connectivity index (χ4n) is 2.18. The number of aromatic nitrogens is 2. The molecule has 0 N–H and O–H groups in total. The van der Waals surface area contributed by atoms with Crippen molar-refractivity contribution in [1.29, 1.82) is 0 Å². The Labute approximate surface area is 126 Å². The van der Waals surface area contributed by atoms with Crippen LogP contribution in [0.15, 0.2) is 12.4 Å². The minimum atomic E-state index is 0.118. The number of nitrogens with zero attached hydrogens (tertiary/aromatic N) is 2. The van der Waals surface area contributed by atoms with Crippen LogP contribution in [-0.4, -0.2) is 9.97 Å². The molecule has 1 rings (SSSR count). The summed E-state index contributed by atoms with van der Waals surface area (Å²) < 4.78 is 0. The van der Waals surface area contributed by atoms with E-state index in [1.807, 2.05) is 26.2 Å². The van der Waals surface area contributed by atoms with Crippen LogP contribution < -0.4 is 0 Å². The second kappa shape index (κ2) is 8.39. The summed E-state index contributed by atoms with van der Waals surface area (Å²) in [4.78, 5) is 9.29. The maximum Gasteiger partial charge on any atom is 0.134 e. The molecule has 116 valence electrons. The molecule has 0 spiro atoms. The van der Waals surface area contributed by atoms with E-state index in [1.54, 1.807) is 0 Å². The van der Waals surface area contributed by atoms with Crippen molar-refractivity contribution in [1.82, 2.24) is 9.97 Å². The van der Waals surface area contributed by atoms with Crippen molar-refractivity contribution in [3.63, 3.8) is 0 Å². The third-order valence-corrected chi connectivity index (χ3v) is 5.01. The molecule has 0 unspecified atom stereocenters. The molecule has 0 radical (unpaired) electrons. The molecule has 2 heteroatoms. The Morgan fingerprint density at radius 3 is 1.40 bits per heavy atom. The summed E-state index contributed by atoms with van der Waals surface area (Å²) in [7, 11) is 0. The smallest absolute Gasteiger partial charge is 0.134 e. The predicted octanol–water partition coefficient (Wildman–Crippen LogP) is 5.66. The van der Waals surface area contributed by atoms with Gasteiger partial charge in [-0.3, -0.25) is 0 Å². The summed E-state index contributed by atoms with van der Waals surface area (Å²) in [6.07, 6.45) is 8.51. The van der Waals surface area contributed by atoms with E-state index in [2.05, 4.69) is 51.5 Å². The Morgan fingerprint density at radius 1 is 0.750 bits per heavy atom. The van der Waals surface area contributed by atoms with Gasteiger partial charge in [0.25, 0.3) is 0 Å². The van der Waals surface area contributed by atoms with Gasteiger partial charge in [0.2, 0.25) is 0 Å². The van der Waals surface area contributed by atoms with Crippen LogP contribution >= 0.6 is 0 Å². The van der Waals surface area contributed by atoms with Crippen LogP contribution in [0.5, 0.6) is 0 Å². The lowest BCUT2D eigenvalue weighted by Crippen LogP contribution is -2.25. The molecule has 0 aliphatic rings. The number of hydrogen-bond acceptors (Lipinski definition) is 2. The Balaban J connectivity index is 0.00000172. The zero-order chi connectivity index (χ0) is 15.8. The van der Waals surface area contributed by atoms with E-state index < -0.39 is 0 Å². The molecule has 0 saturated carbocycles. The minimum Gasteiger partial charge on any atom is -0.240 e. The van der Waals surface area contributed by atoms with Crippen LogP contribution in [0.25, 0.3) is 0 Å². The molecule has 1 aromatic rings. The van der Waals surface area contributed by atoms with Crippen LogP contribution in [0, 0.1) is 0 Å². The van der Waals surface area contributed by atoms with Crippen LogP contribution in [0.3, 0.4) is 0 Å². The second-order valence-electron chi connectivity index (χ2n) is 5.83. The summed E-state index contributed by atoms with van der Waals surface area (Å²) in [6, 6.07) is 0. The van der Waals surface area contributed by atoms with Gasteiger partial charge >= 0.3 is 0 Å². The standard InChI is InChI=1S/C16H28N2.C2H6/c1-7-15(5,8-2)13-11-17-14(18-12-13)16(6,9-3)10-4;1-2/h11-12H,7-10H2,1-6H3;1-2H3. The minimum absolute atomic E-state index is 0.118.